The number of Topliss-reactive ketones (excluding diaryl/α,β-unsaturated/α-hetero) is 1. The lowest BCUT2D eigenvalue weighted by atomic mass is 10.0. The van der Waals surface area contributed by atoms with Crippen LogP contribution in [0.4, 0.5) is 5.69 Å². The van der Waals surface area contributed by atoms with E-state index in [2.05, 4.69) is 15.9 Å². The van der Waals surface area contributed by atoms with Crippen LogP contribution in [0.15, 0.2) is 46.9 Å². The number of halogens is 1. The number of ketones is 1. The number of nitrogen functional groups attached to an aromatic ring is 1. The highest BCUT2D eigenvalue weighted by Crippen LogP contribution is 2.23. The Morgan fingerprint density at radius 2 is 2.00 bits per heavy atom. The number of benzene rings is 2. The summed E-state index contributed by atoms with van der Waals surface area (Å²) < 4.78 is 5.98. The van der Waals surface area contributed by atoms with Gasteiger partial charge in [-0.2, -0.15) is 0 Å². The lowest BCUT2D eigenvalue weighted by Crippen LogP contribution is -2.05. The fraction of sp³-hybridized carbons (Fsp3) is 0.133. The summed E-state index contributed by atoms with van der Waals surface area (Å²) in [6, 6.07) is 12.7. The Morgan fingerprint density at radius 1 is 1.26 bits per heavy atom. The first-order valence-electron chi connectivity index (χ1n) is 5.82. The smallest absolute Gasteiger partial charge is 0.167 e. The lowest BCUT2D eigenvalue weighted by molar-refractivity contribution is 0.0992. The Hall–Kier alpha value is -1.81. The molecule has 2 aromatic rings. The summed E-state index contributed by atoms with van der Waals surface area (Å²) in [5, 5.41) is 0. The molecule has 0 heterocycles. The van der Waals surface area contributed by atoms with Gasteiger partial charge in [0.05, 0.1) is 7.11 Å². The van der Waals surface area contributed by atoms with Crippen molar-refractivity contribution in [2.75, 3.05) is 12.8 Å². The highest BCUT2D eigenvalue weighted by Gasteiger charge is 2.11. The minimum atomic E-state index is 0.0326. The number of carbonyl (C=O) groups is 1. The Labute approximate surface area is 120 Å². The van der Waals surface area contributed by atoms with Crippen LogP contribution in [-0.4, -0.2) is 12.9 Å². The maximum atomic E-state index is 12.2. The molecule has 2 aromatic carbocycles. The van der Waals surface area contributed by atoms with Gasteiger partial charge in [0.25, 0.3) is 0 Å². The number of para-hydroxylation sites is 1. The molecular weight excluding hydrogens is 306 g/mol. The van der Waals surface area contributed by atoms with E-state index in [1.807, 2.05) is 24.3 Å². The molecule has 0 aliphatic rings. The summed E-state index contributed by atoms with van der Waals surface area (Å²) in [6.45, 7) is 0. The second-order valence-electron chi connectivity index (χ2n) is 4.15. The van der Waals surface area contributed by atoms with Crippen LogP contribution in [0.2, 0.25) is 0 Å². The number of hydrogen-bond acceptors (Lipinski definition) is 3. The highest BCUT2D eigenvalue weighted by atomic mass is 79.9. The second-order valence-corrected chi connectivity index (χ2v) is 5.00. The summed E-state index contributed by atoms with van der Waals surface area (Å²) in [6.07, 6.45) is 0.306. The van der Waals surface area contributed by atoms with Crippen LogP contribution >= 0.6 is 15.9 Å². The molecular formula is C15H14BrNO2. The zero-order valence-electron chi connectivity index (χ0n) is 10.5. The first-order valence-corrected chi connectivity index (χ1v) is 6.61. The minimum Gasteiger partial charge on any atom is -0.496 e. The van der Waals surface area contributed by atoms with Crippen LogP contribution in [0.3, 0.4) is 0 Å². The van der Waals surface area contributed by atoms with Crippen molar-refractivity contribution in [3.8, 4) is 5.75 Å². The Balaban J connectivity index is 2.23. The molecule has 0 saturated heterocycles. The molecule has 0 spiro atoms. The van der Waals surface area contributed by atoms with E-state index in [-0.39, 0.29) is 5.78 Å². The minimum absolute atomic E-state index is 0.0326. The van der Waals surface area contributed by atoms with Gasteiger partial charge in [-0.05, 0) is 40.2 Å². The van der Waals surface area contributed by atoms with Crippen LogP contribution in [0.25, 0.3) is 0 Å². The molecule has 0 radical (unpaired) electrons. The number of rotatable bonds is 4. The van der Waals surface area contributed by atoms with Crippen molar-refractivity contribution in [2.24, 2.45) is 0 Å². The third-order valence-electron chi connectivity index (χ3n) is 2.87. The van der Waals surface area contributed by atoms with Crippen molar-refractivity contribution in [1.82, 2.24) is 0 Å². The van der Waals surface area contributed by atoms with Gasteiger partial charge in [0.15, 0.2) is 5.78 Å². The molecule has 3 nitrogen and oxygen atoms in total. The van der Waals surface area contributed by atoms with Crippen molar-refractivity contribution < 1.29 is 9.53 Å². The van der Waals surface area contributed by atoms with Gasteiger partial charge in [0.1, 0.15) is 5.75 Å². The molecule has 0 aliphatic carbocycles. The SMILES string of the molecule is COc1ccccc1CC(=O)c1ccc(N)c(Br)c1. The number of nitrogens with two attached hydrogens (primary N) is 1. The van der Waals surface area contributed by atoms with E-state index in [9.17, 15) is 4.79 Å². The summed E-state index contributed by atoms with van der Waals surface area (Å²) in [4.78, 5) is 12.2. The monoisotopic (exact) mass is 319 g/mol. The van der Waals surface area contributed by atoms with Gasteiger partial charge in [-0.1, -0.05) is 18.2 Å². The van der Waals surface area contributed by atoms with Crippen molar-refractivity contribution in [3.05, 3.63) is 58.1 Å². The van der Waals surface area contributed by atoms with Crippen LogP contribution in [0, 0.1) is 0 Å². The zero-order chi connectivity index (χ0) is 13.8. The Morgan fingerprint density at radius 3 is 2.68 bits per heavy atom. The van der Waals surface area contributed by atoms with Gasteiger partial charge in [0.2, 0.25) is 0 Å². The van der Waals surface area contributed by atoms with E-state index in [4.69, 9.17) is 10.5 Å². The molecule has 0 aliphatic heterocycles. The third-order valence-corrected chi connectivity index (χ3v) is 3.55. The highest BCUT2D eigenvalue weighted by molar-refractivity contribution is 9.10. The first kappa shape index (κ1) is 13.6. The average molecular weight is 320 g/mol. The van der Waals surface area contributed by atoms with Gasteiger partial charge < -0.3 is 10.5 Å². The molecule has 4 heteroatoms. The third kappa shape index (κ3) is 3.15. The van der Waals surface area contributed by atoms with E-state index >= 15 is 0 Å². The summed E-state index contributed by atoms with van der Waals surface area (Å²) in [5.41, 5.74) is 7.84. The molecule has 2 rings (SSSR count). The second kappa shape index (κ2) is 5.89. The number of carbonyl (C=O) groups excluding carboxylic acids is 1. The van der Waals surface area contributed by atoms with Crippen molar-refractivity contribution in [3.63, 3.8) is 0 Å². The van der Waals surface area contributed by atoms with Crippen LogP contribution in [-0.2, 0) is 6.42 Å². The van der Waals surface area contributed by atoms with Gasteiger partial charge >= 0.3 is 0 Å². The van der Waals surface area contributed by atoms with Crippen LogP contribution in [0.1, 0.15) is 15.9 Å². The average Bonchev–Trinajstić information content (AvgIpc) is 2.42. The van der Waals surface area contributed by atoms with E-state index in [1.165, 1.54) is 0 Å². The molecule has 0 aromatic heterocycles. The predicted molar refractivity (Wildman–Crippen MR) is 79.6 cm³/mol. The van der Waals surface area contributed by atoms with Gasteiger partial charge in [0, 0.05) is 27.7 Å². The molecule has 0 amide bonds. The Bertz CT molecular complexity index is 611. The van der Waals surface area contributed by atoms with E-state index in [1.54, 1.807) is 25.3 Å². The molecule has 98 valence electrons. The Kier molecular flexibility index (Phi) is 4.22. The molecule has 19 heavy (non-hydrogen) atoms. The van der Waals surface area contributed by atoms with Gasteiger partial charge in [-0.25, -0.2) is 0 Å². The quantitative estimate of drug-likeness (QED) is 0.693. The van der Waals surface area contributed by atoms with E-state index in [0.717, 1.165) is 15.8 Å². The predicted octanol–water partition coefficient (Wildman–Crippen LogP) is 3.47. The first-order chi connectivity index (χ1) is 9.11. The maximum absolute atomic E-state index is 12.2. The molecule has 0 atom stereocenters. The fourth-order valence-electron chi connectivity index (χ4n) is 1.82. The zero-order valence-corrected chi connectivity index (χ0v) is 12.1. The lowest BCUT2D eigenvalue weighted by Gasteiger charge is -2.08. The number of anilines is 1. The number of methoxy groups -OCH3 is 1. The van der Waals surface area contributed by atoms with Crippen LogP contribution in [0.5, 0.6) is 5.75 Å². The molecule has 0 saturated carbocycles. The fourth-order valence-corrected chi connectivity index (χ4v) is 2.20. The molecule has 2 N–H and O–H groups in total. The summed E-state index contributed by atoms with van der Waals surface area (Å²) in [7, 11) is 1.60. The number of hydrogen-bond donors (Lipinski definition) is 1. The standard InChI is InChI=1S/C15H14BrNO2/c1-19-15-5-3-2-4-11(15)9-14(18)10-6-7-13(17)12(16)8-10/h2-8H,9,17H2,1H3. The molecule has 0 unspecified atom stereocenters. The van der Waals surface area contributed by atoms with Gasteiger partial charge in [-0.3, -0.25) is 4.79 Å². The molecule has 0 bridgehead atoms. The summed E-state index contributed by atoms with van der Waals surface area (Å²) in [5.74, 6) is 0.760. The normalized spacial score (nSPS) is 10.2. The van der Waals surface area contributed by atoms with E-state index in [0.29, 0.717) is 17.7 Å². The largest absolute Gasteiger partial charge is 0.496 e. The van der Waals surface area contributed by atoms with E-state index < -0.39 is 0 Å². The maximum Gasteiger partial charge on any atom is 0.167 e. The van der Waals surface area contributed by atoms with Crippen LogP contribution < -0.4 is 10.5 Å². The molecule has 0 fully saturated rings. The van der Waals surface area contributed by atoms with Crippen molar-refractivity contribution >= 4 is 27.4 Å². The van der Waals surface area contributed by atoms with Gasteiger partial charge in [-0.15, -0.1) is 0 Å². The topological polar surface area (TPSA) is 52.3 Å². The number of ether oxygens (including phenoxy) is 1. The summed E-state index contributed by atoms with van der Waals surface area (Å²) >= 11 is 3.33. The van der Waals surface area contributed by atoms with Crippen molar-refractivity contribution in [1.29, 1.82) is 0 Å². The van der Waals surface area contributed by atoms with Crippen molar-refractivity contribution in [2.45, 2.75) is 6.42 Å².